The summed E-state index contributed by atoms with van der Waals surface area (Å²) in [4.78, 5) is 4.32. The zero-order chi connectivity index (χ0) is 14.0. The first-order valence-corrected chi connectivity index (χ1v) is 6.31. The fourth-order valence-electron chi connectivity index (χ4n) is 1.67. The Morgan fingerprint density at radius 1 is 1.32 bits per heavy atom. The van der Waals surface area contributed by atoms with Gasteiger partial charge in [0.25, 0.3) is 0 Å². The molecule has 0 spiro atoms. The molecule has 0 radical (unpaired) electrons. The van der Waals surface area contributed by atoms with E-state index in [1.165, 1.54) is 6.07 Å². The van der Waals surface area contributed by atoms with Crippen LogP contribution in [0.5, 0.6) is 0 Å². The van der Waals surface area contributed by atoms with E-state index in [9.17, 15) is 4.39 Å². The van der Waals surface area contributed by atoms with E-state index in [0.29, 0.717) is 18.0 Å². The van der Waals surface area contributed by atoms with Gasteiger partial charge in [0.1, 0.15) is 12.1 Å². The number of halogens is 1. The van der Waals surface area contributed by atoms with E-state index in [4.69, 9.17) is 4.42 Å². The van der Waals surface area contributed by atoms with Gasteiger partial charge in [-0.15, -0.1) is 0 Å². The number of nitrogens with zero attached hydrogens (tertiary/aromatic N) is 1. The fraction of sp³-hybridized carbons (Fsp3) is 0.400. The third-order valence-corrected chi connectivity index (χ3v) is 2.70. The number of aromatic nitrogens is 1. The van der Waals surface area contributed by atoms with Gasteiger partial charge in [0.05, 0.1) is 11.3 Å². The molecule has 0 aliphatic rings. The summed E-state index contributed by atoms with van der Waals surface area (Å²) in [5.41, 5.74) is 2.16. The monoisotopic (exact) mass is 262 g/mol. The Morgan fingerprint density at radius 2 is 2.05 bits per heavy atom. The molecule has 1 heterocycles. The highest BCUT2D eigenvalue weighted by Crippen LogP contribution is 2.23. The summed E-state index contributed by atoms with van der Waals surface area (Å²) in [6.07, 6.45) is 1.57. The third kappa shape index (κ3) is 3.64. The molecule has 4 heteroatoms. The molecule has 1 N–H and O–H groups in total. The van der Waals surface area contributed by atoms with Gasteiger partial charge in [-0.3, -0.25) is 0 Å². The number of benzene rings is 1. The van der Waals surface area contributed by atoms with Crippen molar-refractivity contribution in [1.82, 2.24) is 10.3 Å². The van der Waals surface area contributed by atoms with E-state index in [0.717, 1.165) is 11.3 Å². The molecule has 1 aromatic carbocycles. The van der Waals surface area contributed by atoms with Gasteiger partial charge >= 0.3 is 0 Å². The number of nitrogens with one attached hydrogen (secondary N) is 1. The van der Waals surface area contributed by atoms with Crippen molar-refractivity contribution in [2.24, 2.45) is 0 Å². The van der Waals surface area contributed by atoms with Gasteiger partial charge in [-0.05, 0) is 39.8 Å². The zero-order valence-corrected chi connectivity index (χ0v) is 11.7. The first-order chi connectivity index (χ1) is 8.85. The Hall–Kier alpha value is -1.68. The lowest BCUT2D eigenvalue weighted by Crippen LogP contribution is -2.35. The average Bonchev–Trinajstić information content (AvgIpc) is 2.77. The van der Waals surface area contributed by atoms with Gasteiger partial charge in [0, 0.05) is 12.1 Å². The van der Waals surface area contributed by atoms with Crippen molar-refractivity contribution >= 4 is 0 Å². The lowest BCUT2D eigenvalue weighted by atomic mass is 10.1. The lowest BCUT2D eigenvalue weighted by molar-refractivity contribution is 0.421. The lowest BCUT2D eigenvalue weighted by Gasteiger charge is -2.19. The van der Waals surface area contributed by atoms with Crippen LogP contribution in [0.25, 0.3) is 11.5 Å². The van der Waals surface area contributed by atoms with E-state index in [-0.39, 0.29) is 11.4 Å². The SMILES string of the molecule is Cc1ccc(F)c(-c2nc(CNC(C)(C)C)co2)c1. The van der Waals surface area contributed by atoms with Crippen molar-refractivity contribution in [1.29, 1.82) is 0 Å². The molecule has 19 heavy (non-hydrogen) atoms. The second kappa shape index (κ2) is 5.13. The normalized spacial score (nSPS) is 11.8. The summed E-state index contributed by atoms with van der Waals surface area (Å²) < 4.78 is 19.1. The van der Waals surface area contributed by atoms with Gasteiger partial charge in [-0.25, -0.2) is 9.37 Å². The minimum absolute atomic E-state index is 0.00764. The number of rotatable bonds is 3. The summed E-state index contributed by atoms with van der Waals surface area (Å²) in [7, 11) is 0. The van der Waals surface area contributed by atoms with Crippen LogP contribution in [0.3, 0.4) is 0 Å². The summed E-state index contributed by atoms with van der Waals surface area (Å²) >= 11 is 0. The van der Waals surface area contributed by atoms with Gasteiger partial charge in [-0.1, -0.05) is 11.6 Å². The second-order valence-electron chi connectivity index (χ2n) is 5.73. The minimum atomic E-state index is -0.317. The Kier molecular flexibility index (Phi) is 3.71. The second-order valence-corrected chi connectivity index (χ2v) is 5.73. The van der Waals surface area contributed by atoms with Gasteiger partial charge < -0.3 is 9.73 Å². The van der Waals surface area contributed by atoms with E-state index >= 15 is 0 Å². The molecular weight excluding hydrogens is 243 g/mol. The molecule has 102 valence electrons. The Morgan fingerprint density at radius 3 is 2.74 bits per heavy atom. The van der Waals surface area contributed by atoms with Crippen LogP contribution in [0, 0.1) is 12.7 Å². The molecule has 0 unspecified atom stereocenters. The number of hydrogen-bond donors (Lipinski definition) is 1. The van der Waals surface area contributed by atoms with Crippen molar-refractivity contribution in [3.05, 3.63) is 41.5 Å². The predicted molar refractivity (Wildman–Crippen MR) is 73.2 cm³/mol. The first-order valence-electron chi connectivity index (χ1n) is 6.31. The molecule has 2 aromatic rings. The molecule has 0 amide bonds. The molecule has 0 aliphatic heterocycles. The van der Waals surface area contributed by atoms with Crippen LogP contribution in [0.4, 0.5) is 4.39 Å². The number of oxazole rings is 1. The van der Waals surface area contributed by atoms with Crippen molar-refractivity contribution in [2.45, 2.75) is 39.8 Å². The molecule has 3 nitrogen and oxygen atoms in total. The first kappa shape index (κ1) is 13.7. The Balaban J connectivity index is 2.19. The van der Waals surface area contributed by atoms with Crippen molar-refractivity contribution in [3.63, 3.8) is 0 Å². The quantitative estimate of drug-likeness (QED) is 0.917. The molecule has 0 saturated carbocycles. The summed E-state index contributed by atoms with van der Waals surface area (Å²) in [5, 5.41) is 3.31. The standard InChI is InChI=1S/C15H19FN2O/c1-10-5-6-13(16)12(7-10)14-18-11(9-19-14)8-17-15(2,3)4/h5-7,9,17H,8H2,1-4H3. The average molecular weight is 262 g/mol. The molecule has 0 bridgehead atoms. The summed E-state index contributed by atoms with van der Waals surface area (Å²) in [6, 6.07) is 4.90. The van der Waals surface area contributed by atoms with Crippen LogP contribution in [-0.4, -0.2) is 10.5 Å². The Bertz CT molecular complexity index is 570. The van der Waals surface area contributed by atoms with Crippen LogP contribution in [0.1, 0.15) is 32.0 Å². The van der Waals surface area contributed by atoms with Crippen LogP contribution < -0.4 is 5.32 Å². The molecular formula is C15H19FN2O. The topological polar surface area (TPSA) is 38.1 Å². The van der Waals surface area contributed by atoms with Gasteiger partial charge in [0.15, 0.2) is 0 Å². The van der Waals surface area contributed by atoms with Crippen LogP contribution in [-0.2, 0) is 6.54 Å². The summed E-state index contributed by atoms with van der Waals surface area (Å²) in [5.74, 6) is 0.00897. The van der Waals surface area contributed by atoms with E-state index in [1.807, 2.05) is 6.92 Å². The van der Waals surface area contributed by atoms with Crippen molar-refractivity contribution in [2.75, 3.05) is 0 Å². The highest BCUT2D eigenvalue weighted by atomic mass is 19.1. The maximum Gasteiger partial charge on any atom is 0.229 e. The molecule has 0 aliphatic carbocycles. The van der Waals surface area contributed by atoms with Gasteiger partial charge in [-0.2, -0.15) is 0 Å². The highest BCUT2D eigenvalue weighted by Gasteiger charge is 2.14. The molecule has 1 aromatic heterocycles. The minimum Gasteiger partial charge on any atom is -0.444 e. The third-order valence-electron chi connectivity index (χ3n) is 2.70. The van der Waals surface area contributed by atoms with E-state index in [1.54, 1.807) is 18.4 Å². The zero-order valence-electron chi connectivity index (χ0n) is 11.7. The van der Waals surface area contributed by atoms with Crippen LogP contribution >= 0.6 is 0 Å². The Labute approximate surface area is 112 Å². The number of hydrogen-bond acceptors (Lipinski definition) is 3. The van der Waals surface area contributed by atoms with Crippen molar-refractivity contribution < 1.29 is 8.81 Å². The molecule has 0 saturated heterocycles. The maximum atomic E-state index is 13.7. The van der Waals surface area contributed by atoms with Gasteiger partial charge in [0.2, 0.25) is 5.89 Å². The fourth-order valence-corrected chi connectivity index (χ4v) is 1.67. The molecule has 2 rings (SSSR count). The van der Waals surface area contributed by atoms with Crippen LogP contribution in [0.15, 0.2) is 28.9 Å². The van der Waals surface area contributed by atoms with E-state index in [2.05, 4.69) is 31.1 Å². The van der Waals surface area contributed by atoms with Crippen molar-refractivity contribution in [3.8, 4) is 11.5 Å². The largest absolute Gasteiger partial charge is 0.444 e. The van der Waals surface area contributed by atoms with Crippen LogP contribution in [0.2, 0.25) is 0 Å². The summed E-state index contributed by atoms with van der Waals surface area (Å²) in [6.45, 7) is 8.74. The number of aryl methyl sites for hydroxylation is 1. The maximum absolute atomic E-state index is 13.7. The molecule has 0 fully saturated rings. The predicted octanol–water partition coefficient (Wildman–Crippen LogP) is 3.68. The molecule has 0 atom stereocenters. The smallest absolute Gasteiger partial charge is 0.229 e. The van der Waals surface area contributed by atoms with E-state index < -0.39 is 0 Å². The highest BCUT2D eigenvalue weighted by molar-refractivity contribution is 5.55.